The normalized spacial score (nSPS) is 11.6. The lowest BCUT2D eigenvalue weighted by molar-refractivity contribution is -0.114. The number of nitrogens with one attached hydrogen (secondary N) is 1. The summed E-state index contributed by atoms with van der Waals surface area (Å²) >= 11 is 0. The van der Waals surface area contributed by atoms with Gasteiger partial charge >= 0.3 is 0 Å². The van der Waals surface area contributed by atoms with E-state index in [1.54, 1.807) is 24.1 Å². The van der Waals surface area contributed by atoms with Gasteiger partial charge in [-0.3, -0.25) is 9.35 Å². The Morgan fingerprint density at radius 2 is 1.89 bits per heavy atom. The van der Waals surface area contributed by atoms with E-state index >= 15 is 0 Å². The Hall–Kier alpha value is -1.44. The number of nitrogens with zero attached hydrogens (tertiary/aromatic N) is 1. The van der Waals surface area contributed by atoms with Gasteiger partial charge in [-0.15, -0.1) is 0 Å². The fraction of sp³-hybridized carbons (Fsp3) is 0.417. The van der Waals surface area contributed by atoms with E-state index in [4.69, 9.17) is 4.55 Å². The van der Waals surface area contributed by atoms with Crippen molar-refractivity contribution in [2.75, 3.05) is 24.7 Å². The van der Waals surface area contributed by atoms with Gasteiger partial charge in [0.25, 0.3) is 10.1 Å². The summed E-state index contributed by atoms with van der Waals surface area (Å²) in [6.07, 6.45) is 0. The highest BCUT2D eigenvalue weighted by molar-refractivity contribution is 7.85. The Bertz CT molecular complexity index is 525. The first kappa shape index (κ1) is 15.6. The maximum atomic E-state index is 10.9. The van der Waals surface area contributed by atoms with Crippen molar-refractivity contribution in [2.45, 2.75) is 13.5 Å². The Balaban J connectivity index is 2.51. The van der Waals surface area contributed by atoms with Crippen molar-refractivity contribution in [1.82, 2.24) is 4.90 Å². The zero-order valence-electron chi connectivity index (χ0n) is 11.0. The van der Waals surface area contributed by atoms with E-state index in [1.807, 2.05) is 12.1 Å². The van der Waals surface area contributed by atoms with Gasteiger partial charge in [0.2, 0.25) is 5.91 Å². The molecule has 0 spiro atoms. The van der Waals surface area contributed by atoms with E-state index in [-0.39, 0.29) is 18.2 Å². The number of hydrogen-bond acceptors (Lipinski definition) is 4. The predicted octanol–water partition coefficient (Wildman–Crippen LogP) is 0.965. The molecule has 1 aromatic rings. The van der Waals surface area contributed by atoms with E-state index in [2.05, 4.69) is 5.32 Å². The van der Waals surface area contributed by atoms with Crippen LogP contribution in [0.15, 0.2) is 24.3 Å². The van der Waals surface area contributed by atoms with E-state index in [9.17, 15) is 13.2 Å². The van der Waals surface area contributed by atoms with Crippen molar-refractivity contribution in [3.05, 3.63) is 29.8 Å². The van der Waals surface area contributed by atoms with E-state index in [0.29, 0.717) is 6.54 Å². The van der Waals surface area contributed by atoms with Gasteiger partial charge in [-0.2, -0.15) is 8.42 Å². The van der Waals surface area contributed by atoms with Gasteiger partial charge < -0.3 is 10.2 Å². The second-order valence-electron chi connectivity index (χ2n) is 4.40. The molecular weight excluding hydrogens is 268 g/mol. The second-order valence-corrected chi connectivity index (χ2v) is 5.97. The van der Waals surface area contributed by atoms with Crippen LogP contribution in [0.1, 0.15) is 12.5 Å². The summed E-state index contributed by atoms with van der Waals surface area (Å²) in [7, 11) is -2.15. The van der Waals surface area contributed by atoms with Crippen LogP contribution in [0.2, 0.25) is 0 Å². The molecular formula is C12H18N2O4S. The van der Waals surface area contributed by atoms with Gasteiger partial charge in [-0.1, -0.05) is 12.1 Å². The minimum absolute atomic E-state index is 0.127. The van der Waals surface area contributed by atoms with Gasteiger partial charge in [0.1, 0.15) is 0 Å². The van der Waals surface area contributed by atoms with Gasteiger partial charge in [0.05, 0.1) is 5.75 Å². The monoisotopic (exact) mass is 286 g/mol. The van der Waals surface area contributed by atoms with E-state index in [0.717, 1.165) is 11.3 Å². The number of anilines is 1. The summed E-state index contributed by atoms with van der Waals surface area (Å²) in [4.78, 5) is 12.6. The first-order valence-electron chi connectivity index (χ1n) is 5.76. The zero-order chi connectivity index (χ0) is 14.5. The molecule has 0 aliphatic rings. The smallest absolute Gasteiger partial charge is 0.266 e. The summed E-state index contributed by atoms with van der Waals surface area (Å²) in [5.74, 6) is -0.411. The molecule has 2 N–H and O–H groups in total. The predicted molar refractivity (Wildman–Crippen MR) is 73.5 cm³/mol. The SMILES string of the molecule is CC(=O)Nc1ccc(CN(C)CCS(=O)(=O)O)cc1. The Kier molecular flexibility index (Phi) is 5.46. The van der Waals surface area contributed by atoms with Crippen LogP contribution >= 0.6 is 0 Å². The number of rotatable bonds is 6. The molecule has 0 atom stereocenters. The van der Waals surface area contributed by atoms with Crippen LogP contribution in [0, 0.1) is 0 Å². The van der Waals surface area contributed by atoms with Crippen LogP contribution in [0.25, 0.3) is 0 Å². The van der Waals surface area contributed by atoms with Gasteiger partial charge in [0.15, 0.2) is 0 Å². The van der Waals surface area contributed by atoms with Crippen LogP contribution in [0.3, 0.4) is 0 Å². The molecule has 0 saturated carbocycles. The number of carbonyl (C=O) groups is 1. The molecule has 0 fully saturated rings. The molecule has 0 radical (unpaired) electrons. The minimum atomic E-state index is -3.92. The standard InChI is InChI=1S/C12H18N2O4S/c1-10(15)13-12-5-3-11(4-6-12)9-14(2)7-8-19(16,17)18/h3-6H,7-9H2,1-2H3,(H,13,15)(H,16,17,18). The molecule has 106 valence electrons. The largest absolute Gasteiger partial charge is 0.326 e. The first-order chi connectivity index (χ1) is 8.76. The van der Waals surface area contributed by atoms with E-state index in [1.165, 1.54) is 6.92 Å². The highest BCUT2D eigenvalue weighted by Crippen LogP contribution is 2.10. The minimum Gasteiger partial charge on any atom is -0.326 e. The molecule has 1 aromatic carbocycles. The summed E-state index contributed by atoms with van der Waals surface area (Å²) < 4.78 is 29.9. The molecule has 19 heavy (non-hydrogen) atoms. The lowest BCUT2D eigenvalue weighted by atomic mass is 10.2. The van der Waals surface area contributed by atoms with Gasteiger partial charge in [-0.05, 0) is 24.7 Å². The lowest BCUT2D eigenvalue weighted by Crippen LogP contribution is -2.25. The van der Waals surface area contributed by atoms with Crippen LogP contribution in [0.5, 0.6) is 0 Å². The molecule has 0 aliphatic heterocycles. The van der Waals surface area contributed by atoms with Crippen molar-refractivity contribution in [3.63, 3.8) is 0 Å². The van der Waals surface area contributed by atoms with Crippen molar-refractivity contribution in [2.24, 2.45) is 0 Å². The maximum absolute atomic E-state index is 10.9. The van der Waals surface area contributed by atoms with Gasteiger partial charge in [-0.25, -0.2) is 0 Å². The Labute approximate surface area is 113 Å². The van der Waals surface area contributed by atoms with E-state index < -0.39 is 10.1 Å². The summed E-state index contributed by atoms with van der Waals surface area (Å²) in [6.45, 7) is 2.26. The van der Waals surface area contributed by atoms with Crippen molar-refractivity contribution in [1.29, 1.82) is 0 Å². The molecule has 0 aromatic heterocycles. The number of carbonyl (C=O) groups excluding carboxylic acids is 1. The first-order valence-corrected chi connectivity index (χ1v) is 7.37. The number of hydrogen-bond donors (Lipinski definition) is 2. The third kappa shape index (κ3) is 6.90. The van der Waals surface area contributed by atoms with Crippen LogP contribution in [0.4, 0.5) is 5.69 Å². The second kappa shape index (κ2) is 6.65. The van der Waals surface area contributed by atoms with Crippen molar-refractivity contribution >= 4 is 21.7 Å². The van der Waals surface area contributed by atoms with Gasteiger partial charge in [0, 0.05) is 25.7 Å². The summed E-state index contributed by atoms with van der Waals surface area (Å²) in [5.41, 5.74) is 1.71. The Morgan fingerprint density at radius 1 is 1.32 bits per heavy atom. The van der Waals surface area contributed by atoms with Crippen LogP contribution < -0.4 is 5.32 Å². The lowest BCUT2D eigenvalue weighted by Gasteiger charge is -2.15. The highest BCUT2D eigenvalue weighted by Gasteiger charge is 2.07. The molecule has 0 unspecified atom stereocenters. The molecule has 7 heteroatoms. The van der Waals surface area contributed by atoms with Crippen LogP contribution in [-0.4, -0.2) is 43.1 Å². The molecule has 0 heterocycles. The summed E-state index contributed by atoms with van der Waals surface area (Å²) in [5, 5.41) is 2.67. The molecule has 0 saturated heterocycles. The quantitative estimate of drug-likeness (QED) is 0.761. The topological polar surface area (TPSA) is 86.7 Å². The molecule has 6 nitrogen and oxygen atoms in total. The molecule has 1 rings (SSSR count). The Morgan fingerprint density at radius 3 is 2.37 bits per heavy atom. The van der Waals surface area contributed by atoms with Crippen molar-refractivity contribution in [3.8, 4) is 0 Å². The third-order valence-electron chi connectivity index (χ3n) is 2.46. The average molecular weight is 286 g/mol. The maximum Gasteiger partial charge on any atom is 0.266 e. The average Bonchev–Trinajstić information content (AvgIpc) is 2.28. The van der Waals surface area contributed by atoms with Crippen molar-refractivity contribution < 1.29 is 17.8 Å². The molecule has 1 amide bonds. The third-order valence-corrected chi connectivity index (χ3v) is 3.16. The summed E-state index contributed by atoms with van der Waals surface area (Å²) in [6, 6.07) is 7.28. The number of amides is 1. The zero-order valence-corrected chi connectivity index (χ0v) is 11.8. The number of benzene rings is 1. The van der Waals surface area contributed by atoms with Crippen LogP contribution in [-0.2, 0) is 21.5 Å². The fourth-order valence-electron chi connectivity index (χ4n) is 1.56. The molecule has 0 aliphatic carbocycles. The molecule has 0 bridgehead atoms. The fourth-order valence-corrected chi connectivity index (χ4v) is 2.10. The highest BCUT2D eigenvalue weighted by atomic mass is 32.2.